The van der Waals surface area contributed by atoms with Gasteiger partial charge >= 0.3 is 11.9 Å². The molecule has 8 aliphatic rings. The highest BCUT2D eigenvalue weighted by Crippen LogP contribution is 2.71. The first-order valence-corrected chi connectivity index (χ1v) is 16.2. The highest BCUT2D eigenvalue weighted by atomic mass is 16.5. The molecule has 5 aliphatic carbocycles. The highest BCUT2D eigenvalue weighted by molar-refractivity contribution is 6.00. The minimum atomic E-state index is -0.568. The maximum atomic E-state index is 13.9. The van der Waals surface area contributed by atoms with Gasteiger partial charge in [0.05, 0.1) is 16.8 Å². The Balaban J connectivity index is 1.33. The number of esters is 2. The first-order chi connectivity index (χ1) is 20.0. The monoisotopic (exact) mass is 556 g/mol. The lowest BCUT2D eigenvalue weighted by molar-refractivity contribution is -0.135. The molecular formula is C35H44N2O4. The fraction of sp³-hybridized carbons (Fsp3) is 0.600. The van der Waals surface area contributed by atoms with Gasteiger partial charge in [0.15, 0.2) is 0 Å². The smallest absolute Gasteiger partial charge is 0.340 e. The summed E-state index contributed by atoms with van der Waals surface area (Å²) in [6, 6.07) is 0. The second-order valence-electron chi connectivity index (χ2n) is 13.3. The van der Waals surface area contributed by atoms with E-state index in [9.17, 15) is 9.59 Å². The molecule has 0 aromatic heterocycles. The zero-order chi connectivity index (χ0) is 28.1. The number of cyclic esters (lactones) is 2. The number of nitrogens with two attached hydrogens (primary N) is 1. The van der Waals surface area contributed by atoms with Gasteiger partial charge < -0.3 is 20.5 Å². The van der Waals surface area contributed by atoms with Crippen LogP contribution in [-0.2, 0) is 19.1 Å². The van der Waals surface area contributed by atoms with Crippen LogP contribution in [0.3, 0.4) is 0 Å². The number of carbonyl (C=O) groups is 2. The third-order valence-corrected chi connectivity index (χ3v) is 11.1. The molecule has 3 aliphatic heterocycles. The maximum Gasteiger partial charge on any atom is 0.340 e. The normalized spacial score (nSPS) is 34.7. The summed E-state index contributed by atoms with van der Waals surface area (Å²) in [5, 5.41) is 3.17. The molecule has 2 saturated carbocycles. The van der Waals surface area contributed by atoms with Crippen molar-refractivity contribution < 1.29 is 19.1 Å². The average Bonchev–Trinajstić information content (AvgIpc) is 3.46. The van der Waals surface area contributed by atoms with Crippen molar-refractivity contribution in [2.75, 3.05) is 6.54 Å². The summed E-state index contributed by atoms with van der Waals surface area (Å²) in [4.78, 5) is 27.5. The highest BCUT2D eigenvalue weighted by Gasteiger charge is 2.68. The number of allylic oxidation sites excluding steroid dienone is 7. The molecule has 6 heteroatoms. The van der Waals surface area contributed by atoms with E-state index in [1.165, 1.54) is 37.7 Å². The Morgan fingerprint density at radius 1 is 1.05 bits per heavy atom. The lowest BCUT2D eigenvalue weighted by Crippen LogP contribution is -2.52. The number of rotatable bonds is 7. The van der Waals surface area contributed by atoms with Crippen LogP contribution in [0.1, 0.15) is 96.8 Å². The Hall–Kier alpha value is -3.02. The van der Waals surface area contributed by atoms with Crippen LogP contribution in [0.15, 0.2) is 69.5 Å². The van der Waals surface area contributed by atoms with Gasteiger partial charge in [-0.1, -0.05) is 57.1 Å². The zero-order valence-electron chi connectivity index (χ0n) is 24.4. The van der Waals surface area contributed by atoms with Crippen LogP contribution in [-0.4, -0.2) is 18.5 Å². The van der Waals surface area contributed by atoms with Crippen molar-refractivity contribution in [3.63, 3.8) is 0 Å². The van der Waals surface area contributed by atoms with Crippen LogP contribution < -0.4 is 11.1 Å². The number of nitrogens with one attached hydrogen (secondary N) is 1. The predicted molar refractivity (Wildman–Crippen MR) is 157 cm³/mol. The van der Waals surface area contributed by atoms with E-state index in [0.717, 1.165) is 97.5 Å². The summed E-state index contributed by atoms with van der Waals surface area (Å²) >= 11 is 0. The summed E-state index contributed by atoms with van der Waals surface area (Å²) in [5.74, 6) is 3.14. The maximum absolute atomic E-state index is 13.9. The molecule has 0 radical (unpaired) electrons. The standard InChI is InChI=1S/C35H44N2O4/c1-2-3-11-27-25-14-13-24-23-15-17-35(31(24)30(25)33(38)40-27)28(12-7-10-21-8-5-4-6-9-21)41-34(39)32(35)26(23)19-22-16-18-37-29(36)20-22/h11-12,16,20-21,23-24,31,37H,2-10,13-15,17-19,36H2,1H3. The SMILES string of the molecule is CCCC=C1OC(=O)C2=C1CCC1C3CCC4(C(=CCCC5CCCCC5)OC(=O)C4=C3CC3=CCNC(N)=C3)C21. The van der Waals surface area contributed by atoms with E-state index >= 15 is 0 Å². The summed E-state index contributed by atoms with van der Waals surface area (Å²) < 4.78 is 12.2. The summed E-state index contributed by atoms with van der Waals surface area (Å²) in [6.45, 7) is 2.85. The number of unbranched alkanes of at least 4 members (excludes halogenated alkanes) is 1. The van der Waals surface area contributed by atoms with Gasteiger partial charge in [-0.2, -0.15) is 0 Å². The molecule has 1 spiro atoms. The molecule has 8 rings (SSSR count). The fourth-order valence-corrected chi connectivity index (χ4v) is 9.44. The van der Waals surface area contributed by atoms with Gasteiger partial charge in [-0.15, -0.1) is 0 Å². The van der Waals surface area contributed by atoms with E-state index in [1.54, 1.807) is 0 Å². The summed E-state index contributed by atoms with van der Waals surface area (Å²) in [7, 11) is 0. The van der Waals surface area contributed by atoms with Gasteiger partial charge in [-0.05, 0) is 92.9 Å². The van der Waals surface area contributed by atoms with Gasteiger partial charge in [0.2, 0.25) is 0 Å². The molecular weight excluding hydrogens is 512 g/mol. The van der Waals surface area contributed by atoms with Crippen LogP contribution in [0.25, 0.3) is 0 Å². The number of dihydropyridines is 1. The third-order valence-electron chi connectivity index (χ3n) is 11.1. The van der Waals surface area contributed by atoms with Crippen LogP contribution in [0.4, 0.5) is 0 Å². The van der Waals surface area contributed by atoms with Gasteiger partial charge in [0.1, 0.15) is 11.5 Å². The van der Waals surface area contributed by atoms with Gasteiger partial charge in [0.25, 0.3) is 0 Å². The largest absolute Gasteiger partial charge is 0.427 e. The first-order valence-electron chi connectivity index (χ1n) is 16.2. The van der Waals surface area contributed by atoms with Crippen LogP contribution >= 0.6 is 0 Å². The van der Waals surface area contributed by atoms with Crippen LogP contribution in [0, 0.1) is 29.1 Å². The second-order valence-corrected chi connectivity index (χ2v) is 13.3. The molecule has 0 amide bonds. The van der Waals surface area contributed by atoms with Crippen molar-refractivity contribution in [2.45, 2.75) is 96.8 Å². The molecule has 41 heavy (non-hydrogen) atoms. The summed E-state index contributed by atoms with van der Waals surface area (Å²) in [6.07, 6.45) is 23.6. The van der Waals surface area contributed by atoms with Crippen molar-refractivity contribution in [3.8, 4) is 0 Å². The fourth-order valence-electron chi connectivity index (χ4n) is 9.44. The van der Waals surface area contributed by atoms with Gasteiger partial charge in [-0.3, -0.25) is 0 Å². The van der Waals surface area contributed by atoms with Gasteiger partial charge in [0, 0.05) is 23.6 Å². The van der Waals surface area contributed by atoms with E-state index in [4.69, 9.17) is 15.2 Å². The van der Waals surface area contributed by atoms with E-state index in [-0.39, 0.29) is 23.8 Å². The van der Waals surface area contributed by atoms with Crippen molar-refractivity contribution in [1.29, 1.82) is 0 Å². The Kier molecular flexibility index (Phi) is 6.99. The zero-order valence-corrected chi connectivity index (χ0v) is 24.4. The van der Waals surface area contributed by atoms with Crippen LogP contribution in [0.5, 0.6) is 0 Å². The molecule has 0 aromatic rings. The third kappa shape index (κ3) is 4.35. The van der Waals surface area contributed by atoms with Crippen molar-refractivity contribution >= 4 is 11.9 Å². The first kappa shape index (κ1) is 26.9. The quantitative estimate of drug-likeness (QED) is 0.336. The predicted octanol–water partition coefficient (Wildman–Crippen LogP) is 6.78. The molecule has 3 heterocycles. The Labute approximate surface area is 243 Å². The minimum Gasteiger partial charge on any atom is -0.427 e. The summed E-state index contributed by atoms with van der Waals surface area (Å²) in [5.41, 5.74) is 10.7. The van der Waals surface area contributed by atoms with Gasteiger partial charge in [-0.25, -0.2) is 9.59 Å². The Morgan fingerprint density at radius 2 is 1.90 bits per heavy atom. The number of hydrogen-bond acceptors (Lipinski definition) is 6. The molecule has 4 atom stereocenters. The van der Waals surface area contributed by atoms with E-state index < -0.39 is 5.41 Å². The van der Waals surface area contributed by atoms with Crippen molar-refractivity contribution in [3.05, 3.63) is 69.5 Å². The molecule has 3 fully saturated rings. The topological polar surface area (TPSA) is 90.6 Å². The lowest BCUT2D eigenvalue weighted by Gasteiger charge is -2.56. The molecule has 0 aromatic carbocycles. The van der Waals surface area contributed by atoms with E-state index in [2.05, 4.69) is 30.5 Å². The lowest BCUT2D eigenvalue weighted by atomic mass is 9.44. The Bertz CT molecular complexity index is 1340. The Morgan fingerprint density at radius 3 is 2.71 bits per heavy atom. The molecule has 218 valence electrons. The molecule has 3 N–H and O–H groups in total. The van der Waals surface area contributed by atoms with Crippen molar-refractivity contribution in [1.82, 2.24) is 5.32 Å². The molecule has 1 saturated heterocycles. The van der Waals surface area contributed by atoms with Crippen LogP contribution in [0.2, 0.25) is 0 Å². The number of carbonyl (C=O) groups excluding carboxylic acids is 2. The molecule has 6 nitrogen and oxygen atoms in total. The molecule has 4 unspecified atom stereocenters. The average molecular weight is 557 g/mol. The molecule has 2 bridgehead atoms. The number of hydrogen-bond donors (Lipinski definition) is 2. The van der Waals surface area contributed by atoms with E-state index in [0.29, 0.717) is 18.3 Å². The number of ether oxygens (including phenoxy) is 2. The second kappa shape index (κ2) is 10.7. The van der Waals surface area contributed by atoms with E-state index in [1.807, 2.05) is 6.08 Å². The van der Waals surface area contributed by atoms with Crippen molar-refractivity contribution in [2.24, 2.45) is 34.8 Å². The minimum absolute atomic E-state index is 0.0567. The number of fused-ring (bicyclic) bond motifs is 1.